The van der Waals surface area contributed by atoms with Gasteiger partial charge in [0.25, 0.3) is 0 Å². The Labute approximate surface area is 121 Å². The van der Waals surface area contributed by atoms with Crippen LogP contribution in [0.25, 0.3) is 10.9 Å². The van der Waals surface area contributed by atoms with Crippen molar-refractivity contribution in [2.24, 2.45) is 0 Å². The maximum Gasteiger partial charge on any atom is 0.123 e. The Balaban J connectivity index is 2.03. The van der Waals surface area contributed by atoms with E-state index in [-0.39, 0.29) is 5.82 Å². The summed E-state index contributed by atoms with van der Waals surface area (Å²) in [6.45, 7) is 0.624. The summed E-state index contributed by atoms with van der Waals surface area (Å²) < 4.78 is 20.6. The van der Waals surface area contributed by atoms with Crippen molar-refractivity contribution >= 4 is 22.5 Å². The summed E-state index contributed by atoms with van der Waals surface area (Å²) in [6, 6.07) is 12.2. The van der Waals surface area contributed by atoms with Crippen molar-refractivity contribution in [1.82, 2.24) is 4.57 Å². The lowest BCUT2D eigenvalue weighted by Gasteiger charge is -2.11. The number of aromatic nitrogens is 1. The highest BCUT2D eigenvalue weighted by molar-refractivity contribution is 6.30. The summed E-state index contributed by atoms with van der Waals surface area (Å²) in [5.41, 5.74) is 1.97. The van der Waals surface area contributed by atoms with E-state index in [9.17, 15) is 4.39 Å². The Bertz CT molecular complexity index is 766. The molecular weight excluding hydrogens is 277 g/mol. The molecule has 0 unspecified atom stereocenters. The predicted octanol–water partition coefficient (Wildman–Crippen LogP) is 4.49. The van der Waals surface area contributed by atoms with Gasteiger partial charge in [-0.1, -0.05) is 11.6 Å². The van der Waals surface area contributed by atoms with E-state index < -0.39 is 0 Å². The fraction of sp³-hybridized carbons (Fsp3) is 0.125. The van der Waals surface area contributed by atoms with Crippen LogP contribution in [0.15, 0.2) is 48.7 Å². The minimum atomic E-state index is -0.226. The summed E-state index contributed by atoms with van der Waals surface area (Å²) >= 11 is 6.04. The molecule has 0 bridgehead atoms. The van der Waals surface area contributed by atoms with Gasteiger partial charge in [-0.05, 0) is 42.5 Å². The Morgan fingerprint density at radius 1 is 1.15 bits per heavy atom. The summed E-state index contributed by atoms with van der Waals surface area (Å²) in [6.07, 6.45) is 1.93. The molecule has 20 heavy (non-hydrogen) atoms. The lowest BCUT2D eigenvalue weighted by Crippen LogP contribution is -2.00. The van der Waals surface area contributed by atoms with Crippen LogP contribution in [0.4, 0.5) is 4.39 Å². The molecule has 1 aromatic heterocycles. The molecule has 0 amide bonds. The number of benzene rings is 2. The molecular formula is C16H13ClFNO. The molecule has 0 aliphatic carbocycles. The number of hydrogen-bond acceptors (Lipinski definition) is 1. The monoisotopic (exact) mass is 289 g/mol. The molecule has 3 aromatic rings. The Hall–Kier alpha value is -2.00. The Morgan fingerprint density at radius 2 is 2.00 bits per heavy atom. The molecule has 0 saturated carbocycles. The smallest absolute Gasteiger partial charge is 0.123 e. The van der Waals surface area contributed by atoms with Gasteiger partial charge in [0, 0.05) is 27.7 Å². The number of methoxy groups -OCH3 is 1. The van der Waals surface area contributed by atoms with Gasteiger partial charge in [-0.25, -0.2) is 4.39 Å². The fourth-order valence-corrected chi connectivity index (χ4v) is 2.56. The molecule has 3 rings (SSSR count). The fourth-order valence-electron chi connectivity index (χ4n) is 2.36. The SMILES string of the molecule is COc1ccc(Cl)cc1Cn1ccc2cc(F)ccc21. The lowest BCUT2D eigenvalue weighted by molar-refractivity contribution is 0.408. The highest BCUT2D eigenvalue weighted by Gasteiger charge is 2.07. The van der Waals surface area contributed by atoms with E-state index in [0.29, 0.717) is 11.6 Å². The Kier molecular flexibility index (Phi) is 3.36. The normalized spacial score (nSPS) is 10.9. The average Bonchev–Trinajstić information content (AvgIpc) is 2.81. The van der Waals surface area contributed by atoms with E-state index >= 15 is 0 Å². The number of rotatable bonds is 3. The van der Waals surface area contributed by atoms with E-state index in [1.807, 2.05) is 29.0 Å². The summed E-state index contributed by atoms with van der Waals surface area (Å²) in [5.74, 6) is 0.564. The highest BCUT2D eigenvalue weighted by atomic mass is 35.5. The number of fused-ring (bicyclic) bond motifs is 1. The quantitative estimate of drug-likeness (QED) is 0.693. The molecule has 0 aliphatic rings. The number of hydrogen-bond donors (Lipinski definition) is 0. The van der Waals surface area contributed by atoms with Crippen LogP contribution in [0.2, 0.25) is 5.02 Å². The third-order valence-electron chi connectivity index (χ3n) is 3.32. The molecule has 0 N–H and O–H groups in total. The van der Waals surface area contributed by atoms with Crippen molar-refractivity contribution in [2.75, 3.05) is 7.11 Å². The zero-order valence-electron chi connectivity index (χ0n) is 10.9. The third kappa shape index (κ3) is 2.37. The second-order valence-corrected chi connectivity index (χ2v) is 5.04. The molecule has 0 atom stereocenters. The van der Waals surface area contributed by atoms with Gasteiger partial charge in [-0.3, -0.25) is 0 Å². The van der Waals surface area contributed by atoms with Crippen LogP contribution >= 0.6 is 11.6 Å². The van der Waals surface area contributed by atoms with Gasteiger partial charge in [-0.15, -0.1) is 0 Å². The van der Waals surface area contributed by atoms with Crippen LogP contribution < -0.4 is 4.74 Å². The maximum absolute atomic E-state index is 13.2. The second-order valence-electron chi connectivity index (χ2n) is 4.60. The van der Waals surface area contributed by atoms with E-state index in [0.717, 1.165) is 22.2 Å². The zero-order chi connectivity index (χ0) is 14.1. The Morgan fingerprint density at radius 3 is 2.80 bits per heavy atom. The van der Waals surface area contributed by atoms with E-state index in [2.05, 4.69) is 0 Å². The first-order chi connectivity index (χ1) is 9.67. The average molecular weight is 290 g/mol. The van der Waals surface area contributed by atoms with E-state index in [1.54, 1.807) is 19.2 Å². The molecule has 0 saturated heterocycles. The lowest BCUT2D eigenvalue weighted by atomic mass is 10.2. The minimum absolute atomic E-state index is 0.226. The molecule has 1 heterocycles. The van der Waals surface area contributed by atoms with Crippen molar-refractivity contribution in [2.45, 2.75) is 6.54 Å². The summed E-state index contributed by atoms with van der Waals surface area (Å²) in [7, 11) is 1.63. The van der Waals surface area contributed by atoms with Crippen molar-refractivity contribution in [1.29, 1.82) is 0 Å². The van der Waals surface area contributed by atoms with Crippen LogP contribution in [0.1, 0.15) is 5.56 Å². The van der Waals surface area contributed by atoms with E-state index in [1.165, 1.54) is 12.1 Å². The topological polar surface area (TPSA) is 14.2 Å². The van der Waals surface area contributed by atoms with Crippen molar-refractivity contribution < 1.29 is 9.13 Å². The van der Waals surface area contributed by atoms with Gasteiger partial charge in [0.1, 0.15) is 11.6 Å². The van der Waals surface area contributed by atoms with Crippen LogP contribution in [0, 0.1) is 5.82 Å². The zero-order valence-corrected chi connectivity index (χ0v) is 11.7. The van der Waals surface area contributed by atoms with Crippen LogP contribution in [-0.4, -0.2) is 11.7 Å². The molecule has 102 valence electrons. The molecule has 2 aromatic carbocycles. The molecule has 0 aliphatic heterocycles. The molecule has 2 nitrogen and oxygen atoms in total. The van der Waals surface area contributed by atoms with Crippen LogP contribution in [0.3, 0.4) is 0 Å². The van der Waals surface area contributed by atoms with Gasteiger partial charge >= 0.3 is 0 Å². The number of halogens is 2. The predicted molar refractivity (Wildman–Crippen MR) is 79.0 cm³/mol. The number of nitrogens with zero attached hydrogens (tertiary/aromatic N) is 1. The van der Waals surface area contributed by atoms with Gasteiger partial charge < -0.3 is 9.30 Å². The molecule has 4 heteroatoms. The van der Waals surface area contributed by atoms with Gasteiger partial charge in [0.15, 0.2) is 0 Å². The summed E-state index contributed by atoms with van der Waals surface area (Å²) in [4.78, 5) is 0. The third-order valence-corrected chi connectivity index (χ3v) is 3.55. The number of ether oxygens (including phenoxy) is 1. The first kappa shape index (κ1) is 13.0. The van der Waals surface area contributed by atoms with Crippen molar-refractivity contribution in [3.63, 3.8) is 0 Å². The van der Waals surface area contributed by atoms with Crippen molar-refractivity contribution in [3.8, 4) is 5.75 Å². The largest absolute Gasteiger partial charge is 0.496 e. The minimum Gasteiger partial charge on any atom is -0.496 e. The van der Waals surface area contributed by atoms with Crippen molar-refractivity contribution in [3.05, 3.63) is 65.1 Å². The van der Waals surface area contributed by atoms with Gasteiger partial charge in [-0.2, -0.15) is 0 Å². The maximum atomic E-state index is 13.2. The molecule has 0 radical (unpaired) electrons. The standard InChI is InChI=1S/C16H13ClFNO/c1-20-16-5-2-13(17)8-12(16)10-19-7-6-11-9-14(18)3-4-15(11)19/h2-9H,10H2,1H3. The molecule has 0 spiro atoms. The van der Waals surface area contributed by atoms with Crippen LogP contribution in [0.5, 0.6) is 5.75 Å². The van der Waals surface area contributed by atoms with Gasteiger partial charge in [0.2, 0.25) is 0 Å². The van der Waals surface area contributed by atoms with Crippen LogP contribution in [-0.2, 0) is 6.54 Å². The molecule has 0 fully saturated rings. The summed E-state index contributed by atoms with van der Waals surface area (Å²) in [5, 5.41) is 1.55. The first-order valence-corrected chi connectivity index (χ1v) is 6.62. The first-order valence-electron chi connectivity index (χ1n) is 6.24. The van der Waals surface area contributed by atoms with E-state index in [4.69, 9.17) is 16.3 Å². The highest BCUT2D eigenvalue weighted by Crippen LogP contribution is 2.25. The van der Waals surface area contributed by atoms with Gasteiger partial charge in [0.05, 0.1) is 13.7 Å². The second kappa shape index (κ2) is 5.17.